The Morgan fingerprint density at radius 2 is 2.05 bits per heavy atom. The van der Waals surface area contributed by atoms with Gasteiger partial charge in [-0.2, -0.15) is 0 Å². The second-order valence-electron chi connectivity index (χ2n) is 4.93. The van der Waals surface area contributed by atoms with Crippen molar-refractivity contribution in [1.29, 1.82) is 0 Å². The molecule has 0 aromatic heterocycles. The summed E-state index contributed by atoms with van der Waals surface area (Å²) in [5.74, 6) is 1.67. The van der Waals surface area contributed by atoms with E-state index in [1.165, 1.54) is 0 Å². The van der Waals surface area contributed by atoms with Gasteiger partial charge in [0, 0.05) is 20.1 Å². The maximum Gasteiger partial charge on any atom is 0.239 e. The number of fused-ring (bicyclic) bond motifs is 1. The quantitative estimate of drug-likeness (QED) is 0.885. The van der Waals surface area contributed by atoms with Crippen molar-refractivity contribution in [3.63, 3.8) is 0 Å². The Morgan fingerprint density at radius 3 is 2.75 bits per heavy atom. The monoisotopic (exact) mass is 278 g/mol. The number of amides is 1. The first kappa shape index (κ1) is 14.7. The fourth-order valence-electron chi connectivity index (χ4n) is 2.04. The maximum absolute atomic E-state index is 11.9. The second kappa shape index (κ2) is 6.61. The molecule has 20 heavy (non-hydrogen) atoms. The van der Waals surface area contributed by atoms with Crippen LogP contribution in [0.1, 0.15) is 19.4 Å². The highest BCUT2D eigenvalue weighted by atomic mass is 16.6. The van der Waals surface area contributed by atoms with Gasteiger partial charge in [-0.05, 0) is 31.5 Å². The van der Waals surface area contributed by atoms with Crippen LogP contribution in [0.2, 0.25) is 0 Å². The van der Waals surface area contributed by atoms with Crippen LogP contribution in [0.5, 0.6) is 11.5 Å². The minimum absolute atomic E-state index is 0.102. The highest BCUT2D eigenvalue weighted by Crippen LogP contribution is 2.30. The van der Waals surface area contributed by atoms with Gasteiger partial charge >= 0.3 is 0 Å². The molecule has 1 heterocycles. The van der Waals surface area contributed by atoms with Gasteiger partial charge in [0.2, 0.25) is 5.91 Å². The van der Waals surface area contributed by atoms with Crippen molar-refractivity contribution in [3.8, 4) is 11.5 Å². The number of hydrogen-bond acceptors (Lipinski definition) is 4. The molecule has 5 nitrogen and oxygen atoms in total. The number of nitrogens with one attached hydrogen (secondary N) is 1. The van der Waals surface area contributed by atoms with Crippen molar-refractivity contribution in [2.45, 2.75) is 26.4 Å². The third kappa shape index (κ3) is 3.42. The minimum Gasteiger partial charge on any atom is -0.486 e. The lowest BCUT2D eigenvalue weighted by Gasteiger charge is -2.21. The van der Waals surface area contributed by atoms with Crippen LogP contribution in [0, 0.1) is 0 Å². The largest absolute Gasteiger partial charge is 0.486 e. The summed E-state index contributed by atoms with van der Waals surface area (Å²) in [5.41, 5.74) is 1.08. The number of carbonyl (C=O) groups is 1. The van der Waals surface area contributed by atoms with E-state index in [1.807, 2.05) is 39.1 Å². The van der Waals surface area contributed by atoms with Gasteiger partial charge < -0.3 is 19.7 Å². The molecule has 1 aliphatic rings. The lowest BCUT2D eigenvalue weighted by atomic mass is 10.1. The van der Waals surface area contributed by atoms with Crippen molar-refractivity contribution in [1.82, 2.24) is 10.2 Å². The lowest BCUT2D eigenvalue weighted by molar-refractivity contribution is -0.131. The third-order valence-corrected chi connectivity index (χ3v) is 3.44. The maximum atomic E-state index is 11.9. The van der Waals surface area contributed by atoms with E-state index in [4.69, 9.17) is 9.47 Å². The number of nitrogens with zero attached hydrogens (tertiary/aromatic N) is 1. The van der Waals surface area contributed by atoms with Crippen LogP contribution in [-0.2, 0) is 11.3 Å². The molecule has 5 heteroatoms. The van der Waals surface area contributed by atoms with Crippen LogP contribution in [0.25, 0.3) is 0 Å². The summed E-state index contributed by atoms with van der Waals surface area (Å²) >= 11 is 0. The van der Waals surface area contributed by atoms with E-state index in [1.54, 1.807) is 4.90 Å². The highest BCUT2D eigenvalue weighted by molar-refractivity contribution is 5.81. The van der Waals surface area contributed by atoms with Crippen LogP contribution in [-0.4, -0.2) is 43.7 Å². The summed E-state index contributed by atoms with van der Waals surface area (Å²) in [6.07, 6.45) is 0. The number of carbonyl (C=O) groups excluding carboxylic acids is 1. The van der Waals surface area contributed by atoms with Gasteiger partial charge in [0.15, 0.2) is 11.5 Å². The van der Waals surface area contributed by atoms with E-state index in [0.717, 1.165) is 23.6 Å². The summed E-state index contributed by atoms with van der Waals surface area (Å²) in [6.45, 7) is 6.37. The summed E-state index contributed by atoms with van der Waals surface area (Å²) in [5, 5.41) is 3.23. The van der Waals surface area contributed by atoms with Crippen molar-refractivity contribution in [3.05, 3.63) is 23.8 Å². The molecule has 1 amide bonds. The standard InChI is InChI=1S/C15H22N2O3/c1-4-17(3)15(18)11(2)16-10-12-5-6-13-14(9-12)20-8-7-19-13/h5-6,9,11,16H,4,7-8,10H2,1-3H3. The van der Waals surface area contributed by atoms with E-state index in [-0.39, 0.29) is 11.9 Å². The Balaban J connectivity index is 1.92. The summed E-state index contributed by atoms with van der Waals surface area (Å²) < 4.78 is 11.0. The molecule has 1 atom stereocenters. The first-order valence-corrected chi connectivity index (χ1v) is 6.98. The number of benzene rings is 1. The van der Waals surface area contributed by atoms with Crippen molar-refractivity contribution in [2.75, 3.05) is 26.8 Å². The average molecular weight is 278 g/mol. The van der Waals surface area contributed by atoms with E-state index in [0.29, 0.717) is 19.8 Å². The van der Waals surface area contributed by atoms with Crippen LogP contribution >= 0.6 is 0 Å². The SMILES string of the molecule is CCN(C)C(=O)C(C)NCc1ccc2c(c1)OCCO2. The van der Waals surface area contributed by atoms with Crippen LogP contribution in [0.4, 0.5) is 0 Å². The van der Waals surface area contributed by atoms with Crippen LogP contribution in [0.3, 0.4) is 0 Å². The van der Waals surface area contributed by atoms with Crippen LogP contribution < -0.4 is 14.8 Å². The molecule has 0 fully saturated rings. The van der Waals surface area contributed by atoms with Crippen molar-refractivity contribution >= 4 is 5.91 Å². The van der Waals surface area contributed by atoms with Gasteiger partial charge in [0.05, 0.1) is 6.04 Å². The van der Waals surface area contributed by atoms with Gasteiger partial charge in [0.25, 0.3) is 0 Å². The second-order valence-corrected chi connectivity index (χ2v) is 4.93. The van der Waals surface area contributed by atoms with E-state index < -0.39 is 0 Å². The highest BCUT2D eigenvalue weighted by Gasteiger charge is 2.16. The molecular formula is C15H22N2O3. The van der Waals surface area contributed by atoms with Crippen molar-refractivity contribution < 1.29 is 14.3 Å². The van der Waals surface area contributed by atoms with Gasteiger partial charge in [-0.3, -0.25) is 4.79 Å². The number of hydrogen-bond donors (Lipinski definition) is 1. The molecule has 0 radical (unpaired) electrons. The number of rotatable bonds is 5. The molecule has 2 rings (SSSR count). The van der Waals surface area contributed by atoms with Gasteiger partial charge in [-0.1, -0.05) is 6.07 Å². The molecule has 1 aliphatic heterocycles. The molecule has 0 saturated heterocycles. The number of likely N-dealkylation sites (N-methyl/N-ethyl adjacent to an activating group) is 1. The zero-order valence-electron chi connectivity index (χ0n) is 12.3. The predicted molar refractivity (Wildman–Crippen MR) is 77.0 cm³/mol. The Bertz CT molecular complexity index is 476. The average Bonchev–Trinajstić information content (AvgIpc) is 2.50. The molecule has 1 unspecified atom stereocenters. The summed E-state index contributed by atoms with van der Waals surface area (Å²) in [7, 11) is 1.81. The zero-order valence-corrected chi connectivity index (χ0v) is 12.3. The topological polar surface area (TPSA) is 50.8 Å². The van der Waals surface area contributed by atoms with Crippen LogP contribution in [0.15, 0.2) is 18.2 Å². The van der Waals surface area contributed by atoms with Gasteiger partial charge in [-0.25, -0.2) is 0 Å². The first-order chi connectivity index (χ1) is 9.61. The van der Waals surface area contributed by atoms with Gasteiger partial charge in [-0.15, -0.1) is 0 Å². The smallest absolute Gasteiger partial charge is 0.239 e. The Labute approximate surface area is 119 Å². The minimum atomic E-state index is -0.201. The van der Waals surface area contributed by atoms with E-state index >= 15 is 0 Å². The van der Waals surface area contributed by atoms with E-state index in [2.05, 4.69) is 5.32 Å². The molecule has 0 aliphatic carbocycles. The fourth-order valence-corrected chi connectivity index (χ4v) is 2.04. The molecule has 0 bridgehead atoms. The Morgan fingerprint density at radius 1 is 1.35 bits per heavy atom. The lowest BCUT2D eigenvalue weighted by Crippen LogP contribution is -2.42. The molecule has 1 N–H and O–H groups in total. The Kier molecular flexibility index (Phi) is 4.84. The molecule has 110 valence electrons. The fraction of sp³-hybridized carbons (Fsp3) is 0.533. The normalized spacial score (nSPS) is 14.8. The number of ether oxygens (including phenoxy) is 2. The van der Waals surface area contributed by atoms with Crippen molar-refractivity contribution in [2.24, 2.45) is 0 Å². The Hall–Kier alpha value is -1.75. The molecule has 0 saturated carbocycles. The summed E-state index contributed by atoms with van der Waals surface area (Å²) in [4.78, 5) is 13.7. The molecule has 0 spiro atoms. The van der Waals surface area contributed by atoms with E-state index in [9.17, 15) is 4.79 Å². The van der Waals surface area contributed by atoms with Gasteiger partial charge in [0.1, 0.15) is 13.2 Å². The predicted octanol–water partition coefficient (Wildman–Crippen LogP) is 1.41. The first-order valence-electron chi connectivity index (χ1n) is 6.98. The summed E-state index contributed by atoms with van der Waals surface area (Å²) in [6, 6.07) is 5.66. The molecule has 1 aromatic rings. The third-order valence-electron chi connectivity index (χ3n) is 3.44. The molecular weight excluding hydrogens is 256 g/mol. The molecule has 1 aromatic carbocycles. The zero-order chi connectivity index (χ0) is 14.5.